The number of ketones is 1. The second-order valence-electron chi connectivity index (χ2n) is 9.95. The van der Waals surface area contributed by atoms with E-state index in [1.54, 1.807) is 44.2 Å². The molecule has 11 heteroatoms. The van der Waals surface area contributed by atoms with E-state index in [2.05, 4.69) is 0 Å². The van der Waals surface area contributed by atoms with Gasteiger partial charge >= 0.3 is 29.6 Å². The van der Waals surface area contributed by atoms with Crippen LogP contribution in [-0.4, -0.2) is 64.3 Å². The number of carbonyl (C=O) groups excluding carboxylic acids is 2. The summed E-state index contributed by atoms with van der Waals surface area (Å²) in [6, 6.07) is 6.63. The summed E-state index contributed by atoms with van der Waals surface area (Å²) in [6.07, 6.45) is 6.68. The van der Waals surface area contributed by atoms with Crippen LogP contribution in [0.15, 0.2) is 54.1 Å². The monoisotopic (exact) mass is 527 g/mol. The van der Waals surface area contributed by atoms with E-state index in [1.807, 2.05) is 18.2 Å². The molecule has 2 aliphatic rings. The molecule has 0 saturated carbocycles. The van der Waals surface area contributed by atoms with E-state index in [9.17, 15) is 27.7 Å². The van der Waals surface area contributed by atoms with Crippen LogP contribution in [0.1, 0.15) is 38.7 Å². The maximum atomic E-state index is 13.9. The second kappa shape index (κ2) is 12.0. The number of Topliss-reactive ketones (excluding diaryl/α,β-unsaturated/α-hetero) is 1. The van der Waals surface area contributed by atoms with Gasteiger partial charge in [0.25, 0.3) is 0 Å². The molecule has 0 spiro atoms. The Balaban J connectivity index is 0.00000456. The van der Waals surface area contributed by atoms with Crippen molar-refractivity contribution in [3.63, 3.8) is 0 Å². The predicted molar refractivity (Wildman–Crippen MR) is 131 cm³/mol. The molecule has 1 aliphatic heterocycles. The van der Waals surface area contributed by atoms with Crippen LogP contribution in [0.3, 0.4) is 0 Å². The van der Waals surface area contributed by atoms with E-state index >= 15 is 0 Å². The zero-order valence-corrected chi connectivity index (χ0v) is 23.9. The number of piperidine rings is 1. The van der Waals surface area contributed by atoms with Crippen LogP contribution < -0.4 is 41.0 Å². The van der Waals surface area contributed by atoms with E-state index in [-0.39, 0.29) is 60.9 Å². The van der Waals surface area contributed by atoms with Crippen molar-refractivity contribution in [1.29, 1.82) is 0 Å². The van der Waals surface area contributed by atoms with E-state index < -0.39 is 44.7 Å². The van der Waals surface area contributed by atoms with Gasteiger partial charge in [0, 0.05) is 19.5 Å². The molecule has 1 heterocycles. The van der Waals surface area contributed by atoms with Gasteiger partial charge < -0.3 is 26.0 Å². The van der Waals surface area contributed by atoms with Crippen molar-refractivity contribution in [1.82, 2.24) is 4.90 Å². The minimum absolute atomic E-state index is 0. The number of hydrogen-bond acceptors (Lipinski definition) is 8. The van der Waals surface area contributed by atoms with Crippen molar-refractivity contribution >= 4 is 21.8 Å². The van der Waals surface area contributed by atoms with E-state index in [1.165, 1.54) is 4.90 Å². The third kappa shape index (κ3) is 6.02. The van der Waals surface area contributed by atoms with Gasteiger partial charge in [-0.25, -0.2) is 8.42 Å². The molecule has 5 N–H and O–H groups in total. The number of likely N-dealkylation sites (tertiary alicyclic amines) is 1. The fourth-order valence-electron chi connectivity index (χ4n) is 4.96. The van der Waals surface area contributed by atoms with Crippen molar-refractivity contribution in [2.24, 2.45) is 23.3 Å². The van der Waals surface area contributed by atoms with Gasteiger partial charge in [0.1, 0.15) is 15.7 Å². The summed E-state index contributed by atoms with van der Waals surface area (Å²) in [5.41, 5.74) is 11.0. The molecule has 36 heavy (non-hydrogen) atoms. The van der Waals surface area contributed by atoms with Gasteiger partial charge in [-0.2, -0.15) is 0 Å². The Morgan fingerprint density at radius 2 is 1.89 bits per heavy atom. The quantitative estimate of drug-likeness (QED) is 0.241. The molecular weight excluding hydrogens is 493 g/mol. The summed E-state index contributed by atoms with van der Waals surface area (Å²) in [5.74, 6) is -2.35. The van der Waals surface area contributed by atoms with Crippen LogP contribution in [-0.2, 0) is 26.1 Å². The first kappa shape index (κ1) is 30.9. The van der Waals surface area contributed by atoms with Crippen LogP contribution in [0.25, 0.3) is 0 Å². The molecule has 9 nitrogen and oxygen atoms in total. The number of hydrogen-bond donors (Lipinski definition) is 3. The Kier molecular flexibility index (Phi) is 10.3. The normalized spacial score (nSPS) is 21.9. The number of carbonyl (C=O) groups is 2. The number of rotatable bonds is 9. The van der Waals surface area contributed by atoms with Gasteiger partial charge in [0.15, 0.2) is 5.78 Å². The second-order valence-corrected chi connectivity index (χ2v) is 11.4. The first-order valence-corrected chi connectivity index (χ1v) is 13.2. The van der Waals surface area contributed by atoms with Gasteiger partial charge in [0.2, 0.25) is 10.8 Å². The predicted octanol–water partition coefficient (Wildman–Crippen LogP) is -2.16. The number of nitrogens with two attached hydrogens (primary N) is 2. The first-order chi connectivity index (χ1) is 16.3. The number of nitrogens with zero attached hydrogens (tertiary/aromatic N) is 1. The minimum atomic E-state index is -5.85. The summed E-state index contributed by atoms with van der Waals surface area (Å²) < 4.78 is 37.8. The zero-order chi connectivity index (χ0) is 26.0. The topological polar surface area (TPSA) is 167 Å². The molecule has 1 aromatic carbocycles. The number of allylic oxidation sites excluding steroid dienone is 3. The van der Waals surface area contributed by atoms with E-state index in [0.29, 0.717) is 12.0 Å². The Bertz CT molecular complexity index is 1120. The molecule has 192 valence electrons. The third-order valence-corrected chi connectivity index (χ3v) is 8.16. The van der Waals surface area contributed by atoms with Crippen LogP contribution in [0, 0.1) is 11.8 Å². The van der Waals surface area contributed by atoms with Gasteiger partial charge in [-0.3, -0.25) is 9.59 Å². The van der Waals surface area contributed by atoms with E-state index in [4.69, 9.17) is 11.5 Å². The Hall–Kier alpha value is -1.37. The minimum Gasteiger partial charge on any atom is -0.745 e. The van der Waals surface area contributed by atoms with Crippen molar-refractivity contribution in [3.8, 4) is 0 Å². The maximum Gasteiger partial charge on any atom is 1.00 e. The Morgan fingerprint density at radius 3 is 2.47 bits per heavy atom. The molecule has 3 unspecified atom stereocenters. The average Bonchev–Trinajstić information content (AvgIpc) is 2.81. The third-order valence-electron chi connectivity index (χ3n) is 6.87. The van der Waals surface area contributed by atoms with Gasteiger partial charge in [-0.1, -0.05) is 62.4 Å². The molecule has 1 fully saturated rings. The molecule has 0 radical (unpaired) electrons. The van der Waals surface area contributed by atoms with Crippen molar-refractivity contribution in [2.75, 3.05) is 13.1 Å². The zero-order valence-electron chi connectivity index (χ0n) is 21.1. The first-order valence-electron chi connectivity index (χ1n) is 11.8. The van der Waals surface area contributed by atoms with Crippen molar-refractivity contribution in [2.45, 2.75) is 56.0 Å². The largest absolute Gasteiger partial charge is 1.00 e. The number of benzene rings is 1. The van der Waals surface area contributed by atoms with Crippen LogP contribution >= 0.6 is 0 Å². The van der Waals surface area contributed by atoms with Crippen LogP contribution in [0.5, 0.6) is 0 Å². The van der Waals surface area contributed by atoms with Crippen LogP contribution in [0.2, 0.25) is 0 Å². The summed E-state index contributed by atoms with van der Waals surface area (Å²) in [5, 5.41) is 11.5. The summed E-state index contributed by atoms with van der Waals surface area (Å²) >= 11 is 0. The van der Waals surface area contributed by atoms with Crippen molar-refractivity contribution < 1.29 is 57.2 Å². The summed E-state index contributed by atoms with van der Waals surface area (Å²) in [7, 11) is -5.85. The number of amides is 1. The summed E-state index contributed by atoms with van der Waals surface area (Å²) in [4.78, 5) is 24.9. The molecule has 1 amide bonds. The molecule has 1 aliphatic carbocycles. The van der Waals surface area contributed by atoms with Gasteiger partial charge in [-0.15, -0.1) is 0 Å². The average molecular weight is 528 g/mol. The number of aliphatic hydroxyl groups is 1. The van der Waals surface area contributed by atoms with Gasteiger partial charge in [0.05, 0.1) is 6.04 Å². The fourth-order valence-corrected chi connectivity index (χ4v) is 5.97. The Labute approximate surface area is 235 Å². The molecule has 0 aromatic heterocycles. The maximum absolute atomic E-state index is 13.9. The molecule has 4 atom stereocenters. The SMILES string of the molecule is CC(C)C[C@H](N)C(=O)C(O)(C(N)(Cc1ccccc1)C(=O)N1CCC2CC=CC=C2C1)S(=O)(=O)[O-].[Na+]. The standard InChI is InChI=1S/C25H35N3O6S.Na/c1-17(2)14-21(26)22(29)25(31,35(32,33)34)24(27,15-18-8-4-3-5-9-18)23(30)28-13-12-19-10-6-7-11-20(19)16-28;/h3-9,11,17,19,21,31H,10,12-16,26-27H2,1-2H3,(H,32,33,34);/q;+1/p-1/t19?,21-,24?,25?;/m0./s1. The molecule has 0 bridgehead atoms. The smallest absolute Gasteiger partial charge is 0.745 e. The Morgan fingerprint density at radius 1 is 1.25 bits per heavy atom. The fraction of sp³-hybridized carbons (Fsp3) is 0.520. The van der Waals surface area contributed by atoms with E-state index in [0.717, 1.165) is 12.0 Å². The van der Waals surface area contributed by atoms with Crippen LogP contribution in [0.4, 0.5) is 0 Å². The molecular formula is C25H34N3NaO6S. The number of fused-ring (bicyclic) bond motifs is 1. The molecule has 1 saturated heterocycles. The van der Waals surface area contributed by atoms with Gasteiger partial charge in [-0.05, 0) is 42.2 Å². The molecule has 3 rings (SSSR count). The van der Waals surface area contributed by atoms with Crippen molar-refractivity contribution in [3.05, 3.63) is 59.7 Å². The summed E-state index contributed by atoms with van der Waals surface area (Å²) in [6.45, 7) is 3.89. The molecule has 1 aromatic rings.